The summed E-state index contributed by atoms with van der Waals surface area (Å²) in [7, 11) is 3.03. The number of nitrogens with one attached hydrogen (secondary N) is 1. The number of methoxy groups -OCH3 is 1. The number of aryl methyl sites for hydroxylation is 1. The van der Waals surface area contributed by atoms with Crippen LogP contribution in [0.15, 0.2) is 41.1 Å². The number of amides is 1. The van der Waals surface area contributed by atoms with Crippen molar-refractivity contribution in [3.05, 3.63) is 48.0 Å². The van der Waals surface area contributed by atoms with Gasteiger partial charge < -0.3 is 24.3 Å². The van der Waals surface area contributed by atoms with Gasteiger partial charge in [-0.05, 0) is 25.1 Å². The second-order valence-electron chi connectivity index (χ2n) is 6.09. The van der Waals surface area contributed by atoms with Gasteiger partial charge in [-0.1, -0.05) is 0 Å². The molecular weight excluding hydrogens is 362 g/mol. The van der Waals surface area contributed by atoms with Gasteiger partial charge in [-0.25, -0.2) is 9.97 Å². The average Bonchev–Trinajstić information content (AvgIpc) is 3.02. The fourth-order valence-electron chi connectivity index (χ4n) is 3.07. The Kier molecular flexibility index (Phi) is 4.23. The predicted molar refractivity (Wildman–Crippen MR) is 102 cm³/mol. The molecule has 0 aliphatic heterocycles. The van der Waals surface area contributed by atoms with E-state index in [0.717, 1.165) is 0 Å². The van der Waals surface area contributed by atoms with Crippen molar-refractivity contribution in [3.8, 4) is 23.1 Å². The molecule has 2 aromatic heterocycles. The highest BCUT2D eigenvalue weighted by atomic mass is 16.5. The van der Waals surface area contributed by atoms with Crippen molar-refractivity contribution in [2.24, 2.45) is 0 Å². The van der Waals surface area contributed by atoms with Crippen LogP contribution in [0.5, 0.6) is 23.1 Å². The summed E-state index contributed by atoms with van der Waals surface area (Å²) >= 11 is 0. The number of aromatic hydroxyl groups is 1. The maximum absolute atomic E-state index is 12.1. The summed E-state index contributed by atoms with van der Waals surface area (Å²) in [6.45, 7) is 1.74. The van der Waals surface area contributed by atoms with Gasteiger partial charge in [0.2, 0.25) is 5.88 Å². The van der Waals surface area contributed by atoms with Crippen LogP contribution in [0.1, 0.15) is 16.1 Å². The van der Waals surface area contributed by atoms with Crippen molar-refractivity contribution in [2.45, 2.75) is 6.92 Å². The number of hydrogen-bond donors (Lipinski definition) is 2. The zero-order valence-electron chi connectivity index (χ0n) is 15.4. The zero-order chi connectivity index (χ0) is 19.8. The largest absolute Gasteiger partial charge is 0.504 e. The lowest BCUT2D eigenvalue weighted by Crippen LogP contribution is -2.18. The number of carbonyl (C=O) groups is 1. The number of hydrogen-bond acceptors (Lipinski definition) is 7. The molecule has 0 fully saturated rings. The number of carbonyl (C=O) groups excluding carboxylic acids is 1. The summed E-state index contributed by atoms with van der Waals surface area (Å²) < 4.78 is 16.8. The lowest BCUT2D eigenvalue weighted by atomic mass is 10.1. The summed E-state index contributed by atoms with van der Waals surface area (Å²) in [6.07, 6.45) is 1.35. The molecule has 2 heterocycles. The van der Waals surface area contributed by atoms with Crippen molar-refractivity contribution in [1.82, 2.24) is 15.3 Å². The SMILES string of the molecule is CNC(=O)c1c(C)oc2cc(Oc3ncnc4cc(O)c(OC)cc34)ccc12. The summed E-state index contributed by atoms with van der Waals surface area (Å²) in [5.74, 6) is 1.38. The highest BCUT2D eigenvalue weighted by Gasteiger charge is 2.18. The summed E-state index contributed by atoms with van der Waals surface area (Å²) in [5.41, 5.74) is 1.54. The van der Waals surface area contributed by atoms with Crippen LogP contribution < -0.4 is 14.8 Å². The number of rotatable bonds is 4. The molecule has 0 bridgehead atoms. The van der Waals surface area contributed by atoms with Crippen LogP contribution in [0, 0.1) is 6.92 Å². The Morgan fingerprint density at radius 1 is 1.18 bits per heavy atom. The topological polar surface area (TPSA) is 107 Å². The molecule has 4 aromatic rings. The molecular formula is C20H17N3O5. The first-order chi connectivity index (χ1) is 13.5. The number of aromatic nitrogens is 2. The maximum Gasteiger partial charge on any atom is 0.255 e. The molecule has 142 valence electrons. The lowest BCUT2D eigenvalue weighted by Gasteiger charge is -2.09. The minimum Gasteiger partial charge on any atom is -0.504 e. The predicted octanol–water partition coefficient (Wildman–Crippen LogP) is 3.55. The quantitative estimate of drug-likeness (QED) is 0.558. The number of fused-ring (bicyclic) bond motifs is 2. The normalized spacial score (nSPS) is 11.0. The number of phenolic OH excluding ortho intramolecular Hbond substituents is 1. The van der Waals surface area contributed by atoms with E-state index in [1.54, 1.807) is 38.2 Å². The van der Waals surface area contributed by atoms with E-state index in [-0.39, 0.29) is 11.7 Å². The van der Waals surface area contributed by atoms with E-state index in [2.05, 4.69) is 15.3 Å². The maximum atomic E-state index is 12.1. The van der Waals surface area contributed by atoms with E-state index in [4.69, 9.17) is 13.9 Å². The van der Waals surface area contributed by atoms with E-state index >= 15 is 0 Å². The van der Waals surface area contributed by atoms with Gasteiger partial charge in [0.05, 0.1) is 23.6 Å². The van der Waals surface area contributed by atoms with Gasteiger partial charge >= 0.3 is 0 Å². The van der Waals surface area contributed by atoms with E-state index in [1.165, 1.54) is 19.5 Å². The average molecular weight is 379 g/mol. The van der Waals surface area contributed by atoms with Gasteiger partial charge in [0.1, 0.15) is 23.4 Å². The summed E-state index contributed by atoms with van der Waals surface area (Å²) in [4.78, 5) is 20.4. The minimum absolute atomic E-state index is 0.0196. The summed E-state index contributed by atoms with van der Waals surface area (Å²) in [6, 6.07) is 8.29. The van der Waals surface area contributed by atoms with Gasteiger partial charge in [-0.3, -0.25) is 4.79 Å². The Morgan fingerprint density at radius 3 is 2.75 bits per heavy atom. The number of phenols is 1. The molecule has 8 nitrogen and oxygen atoms in total. The van der Waals surface area contributed by atoms with Crippen molar-refractivity contribution in [3.63, 3.8) is 0 Å². The Hall–Kier alpha value is -3.81. The highest BCUT2D eigenvalue weighted by Crippen LogP contribution is 2.36. The van der Waals surface area contributed by atoms with Crippen LogP contribution >= 0.6 is 0 Å². The van der Waals surface area contributed by atoms with Gasteiger partial charge in [0.25, 0.3) is 5.91 Å². The number of benzene rings is 2. The van der Waals surface area contributed by atoms with Crippen LogP contribution in [0.3, 0.4) is 0 Å². The number of ether oxygens (including phenoxy) is 2. The minimum atomic E-state index is -0.210. The van der Waals surface area contributed by atoms with Crippen molar-refractivity contribution >= 4 is 27.8 Å². The smallest absolute Gasteiger partial charge is 0.255 e. The molecule has 0 radical (unpaired) electrons. The van der Waals surface area contributed by atoms with Crippen LogP contribution in [0.4, 0.5) is 0 Å². The third-order valence-electron chi connectivity index (χ3n) is 4.41. The molecule has 0 spiro atoms. The zero-order valence-corrected chi connectivity index (χ0v) is 15.4. The van der Waals surface area contributed by atoms with E-state index < -0.39 is 0 Å². The standard InChI is InChI=1S/C20H17N3O5/c1-10-18(19(25)21-2)12-5-4-11(6-16(12)27-10)28-20-13-7-17(26-3)15(24)8-14(13)22-9-23-20/h4-9,24H,1-3H3,(H,21,25). The van der Waals surface area contributed by atoms with Gasteiger partial charge in [0, 0.05) is 24.6 Å². The first kappa shape index (κ1) is 17.6. The van der Waals surface area contributed by atoms with Gasteiger partial charge in [0.15, 0.2) is 11.5 Å². The van der Waals surface area contributed by atoms with Gasteiger partial charge in [-0.2, -0.15) is 0 Å². The fourth-order valence-corrected chi connectivity index (χ4v) is 3.07. The molecule has 0 saturated heterocycles. The Morgan fingerprint density at radius 2 is 2.00 bits per heavy atom. The summed E-state index contributed by atoms with van der Waals surface area (Å²) in [5, 5.41) is 13.8. The Balaban J connectivity index is 1.77. The first-order valence-corrected chi connectivity index (χ1v) is 8.46. The molecule has 0 atom stereocenters. The Bertz CT molecular complexity index is 1220. The molecule has 1 amide bonds. The third kappa shape index (κ3) is 2.84. The van der Waals surface area contributed by atoms with Crippen LogP contribution in [0.2, 0.25) is 0 Å². The second-order valence-corrected chi connectivity index (χ2v) is 6.09. The van der Waals surface area contributed by atoms with Crippen LogP contribution in [0.25, 0.3) is 21.9 Å². The molecule has 2 N–H and O–H groups in total. The lowest BCUT2D eigenvalue weighted by molar-refractivity contribution is 0.0963. The monoisotopic (exact) mass is 379 g/mol. The molecule has 28 heavy (non-hydrogen) atoms. The Labute approximate surface area is 159 Å². The van der Waals surface area contributed by atoms with Crippen molar-refractivity contribution in [2.75, 3.05) is 14.2 Å². The molecule has 0 aliphatic rings. The van der Waals surface area contributed by atoms with E-state index in [0.29, 0.717) is 50.6 Å². The molecule has 0 aliphatic carbocycles. The van der Waals surface area contributed by atoms with E-state index in [1.807, 2.05) is 0 Å². The third-order valence-corrected chi connectivity index (χ3v) is 4.41. The van der Waals surface area contributed by atoms with Crippen molar-refractivity contribution in [1.29, 1.82) is 0 Å². The second kappa shape index (κ2) is 6.73. The first-order valence-electron chi connectivity index (χ1n) is 8.46. The van der Waals surface area contributed by atoms with Gasteiger partial charge in [-0.15, -0.1) is 0 Å². The van der Waals surface area contributed by atoms with Crippen LogP contribution in [-0.4, -0.2) is 35.1 Å². The molecule has 8 heteroatoms. The number of nitrogens with zero attached hydrogens (tertiary/aromatic N) is 2. The highest BCUT2D eigenvalue weighted by molar-refractivity contribution is 6.07. The molecule has 4 rings (SSSR count). The van der Waals surface area contributed by atoms with Crippen LogP contribution in [-0.2, 0) is 0 Å². The molecule has 2 aromatic carbocycles. The van der Waals surface area contributed by atoms with Crippen molar-refractivity contribution < 1.29 is 23.8 Å². The molecule has 0 saturated carbocycles. The fraction of sp³-hybridized carbons (Fsp3) is 0.150. The van der Waals surface area contributed by atoms with E-state index in [9.17, 15) is 9.90 Å². The molecule has 0 unspecified atom stereocenters. The number of furan rings is 1.